The SMILES string of the molecule is COc1cc2cnnc(N3CCCC(COc4cccnc4N)C3)c2cc1OC.COc1cc2cnnc(N3CCCC(O)(Cn4ccnc4C)C3)c2cc1OC. The molecule has 0 bridgehead atoms. The van der Waals surface area contributed by atoms with Crippen molar-refractivity contribution in [1.82, 2.24) is 34.9 Å². The van der Waals surface area contributed by atoms with Gasteiger partial charge in [0, 0.05) is 72.2 Å². The van der Waals surface area contributed by atoms with Crippen molar-refractivity contribution in [3.05, 3.63) is 73.2 Å². The first kappa shape index (κ1) is 39.1. The number of pyridine rings is 1. The highest BCUT2D eigenvalue weighted by molar-refractivity contribution is 5.95. The maximum atomic E-state index is 11.3. The number of hydrogen-bond acceptors (Lipinski definition) is 15. The highest BCUT2D eigenvalue weighted by atomic mass is 16.5. The quantitative estimate of drug-likeness (QED) is 0.177. The van der Waals surface area contributed by atoms with Gasteiger partial charge in [-0.05, 0) is 69.0 Å². The summed E-state index contributed by atoms with van der Waals surface area (Å²) < 4.78 is 29.7. The van der Waals surface area contributed by atoms with Gasteiger partial charge in [-0.1, -0.05) is 0 Å². The monoisotopic (exact) mass is 778 g/mol. The lowest BCUT2D eigenvalue weighted by Crippen LogP contribution is -2.51. The third kappa shape index (κ3) is 8.65. The number of aliphatic hydroxyl groups is 1. The number of aryl methyl sites for hydroxylation is 1. The summed E-state index contributed by atoms with van der Waals surface area (Å²) in [6.07, 6.45) is 12.5. The standard InChI is InChI=1S/C21H25N5O3.C20H25N5O3/c1-27-18-9-15-11-24-25-21(16(15)10-19(18)28-2)26-8-4-5-14(12-26)13-29-17-6-3-7-23-20(17)22;1-14-21-6-8-24(14)12-20(26)5-4-7-25(13-20)19-16-10-18(28-3)17(27-2)9-15(16)11-22-23-19/h3,6-7,9-11,14H,4-5,8,12-13H2,1-2H3,(H2,22,23);6,8-11,26H,4-5,7,12-13H2,1-3H3. The summed E-state index contributed by atoms with van der Waals surface area (Å²) in [5.74, 6) is 6.56. The number of hydrogen-bond donors (Lipinski definition) is 2. The smallest absolute Gasteiger partial charge is 0.166 e. The minimum absolute atomic E-state index is 0.362. The first-order chi connectivity index (χ1) is 27.7. The third-order valence-electron chi connectivity index (χ3n) is 10.6. The minimum atomic E-state index is -0.857. The van der Waals surface area contributed by atoms with Crippen LogP contribution in [0.1, 0.15) is 31.5 Å². The van der Waals surface area contributed by atoms with Gasteiger partial charge in [-0.25, -0.2) is 9.97 Å². The van der Waals surface area contributed by atoms with Gasteiger partial charge in [0.25, 0.3) is 0 Å². The topological polar surface area (TPSA) is 181 Å². The van der Waals surface area contributed by atoms with E-state index in [2.05, 4.69) is 40.2 Å². The molecule has 0 saturated carbocycles. The Balaban J connectivity index is 0.000000174. The van der Waals surface area contributed by atoms with E-state index in [9.17, 15) is 5.11 Å². The lowest BCUT2D eigenvalue weighted by molar-refractivity contribution is 0.00886. The molecular formula is C41H50N10O6. The van der Waals surface area contributed by atoms with Crippen molar-refractivity contribution >= 4 is 39.0 Å². The van der Waals surface area contributed by atoms with Gasteiger partial charge in [0.2, 0.25) is 0 Å². The fourth-order valence-corrected chi connectivity index (χ4v) is 7.69. The number of fused-ring (bicyclic) bond motifs is 2. The number of nitrogens with zero attached hydrogens (tertiary/aromatic N) is 9. The van der Waals surface area contributed by atoms with Crippen LogP contribution in [0, 0.1) is 12.8 Å². The fourth-order valence-electron chi connectivity index (χ4n) is 7.69. The van der Waals surface area contributed by atoms with E-state index in [1.807, 2.05) is 54.1 Å². The summed E-state index contributed by atoms with van der Waals surface area (Å²) in [5.41, 5.74) is 5.02. The van der Waals surface area contributed by atoms with Crippen molar-refractivity contribution < 1.29 is 28.8 Å². The van der Waals surface area contributed by atoms with Gasteiger partial charge in [-0.2, -0.15) is 10.2 Å². The second kappa shape index (κ2) is 17.3. The Labute approximate surface area is 331 Å². The van der Waals surface area contributed by atoms with Crippen molar-refractivity contribution in [2.24, 2.45) is 5.92 Å². The van der Waals surface area contributed by atoms with Crippen LogP contribution in [0.3, 0.4) is 0 Å². The van der Waals surface area contributed by atoms with Gasteiger partial charge in [-0.3, -0.25) is 0 Å². The number of benzene rings is 2. The van der Waals surface area contributed by atoms with Crippen LogP contribution in [0.15, 0.2) is 67.4 Å². The van der Waals surface area contributed by atoms with Crippen molar-refractivity contribution in [3.63, 3.8) is 0 Å². The second-order valence-corrected chi connectivity index (χ2v) is 14.4. The Hall–Kier alpha value is -6.16. The van der Waals surface area contributed by atoms with Crippen LogP contribution in [-0.4, -0.2) is 107 Å². The van der Waals surface area contributed by atoms with E-state index in [0.29, 0.717) is 60.2 Å². The van der Waals surface area contributed by atoms with Gasteiger partial charge in [0.05, 0.1) is 54.0 Å². The zero-order valence-electron chi connectivity index (χ0n) is 33.1. The van der Waals surface area contributed by atoms with E-state index < -0.39 is 5.60 Å². The van der Waals surface area contributed by atoms with Gasteiger partial charge < -0.3 is 48.9 Å². The molecule has 2 atom stereocenters. The van der Waals surface area contributed by atoms with Crippen LogP contribution >= 0.6 is 0 Å². The number of methoxy groups -OCH3 is 4. The van der Waals surface area contributed by atoms with Gasteiger partial charge in [0.15, 0.2) is 46.2 Å². The maximum Gasteiger partial charge on any atom is 0.166 e. The molecule has 16 nitrogen and oxygen atoms in total. The first-order valence-electron chi connectivity index (χ1n) is 19.0. The first-order valence-corrected chi connectivity index (χ1v) is 19.0. The molecule has 2 fully saturated rings. The van der Waals surface area contributed by atoms with E-state index in [1.54, 1.807) is 53.2 Å². The van der Waals surface area contributed by atoms with Gasteiger partial charge >= 0.3 is 0 Å². The predicted molar refractivity (Wildman–Crippen MR) is 218 cm³/mol. The fraction of sp³-hybridized carbons (Fsp3) is 0.415. The molecule has 300 valence electrons. The van der Waals surface area contributed by atoms with Crippen LogP contribution in [0.2, 0.25) is 0 Å². The van der Waals surface area contributed by atoms with Gasteiger partial charge in [0.1, 0.15) is 11.4 Å². The zero-order valence-corrected chi connectivity index (χ0v) is 33.1. The number of ether oxygens (including phenoxy) is 5. The summed E-state index contributed by atoms with van der Waals surface area (Å²) in [6.45, 7) is 6.09. The van der Waals surface area contributed by atoms with E-state index in [1.165, 1.54) is 0 Å². The number of nitrogens with two attached hydrogens (primary N) is 1. The number of aromatic nitrogens is 7. The molecular weight excluding hydrogens is 729 g/mol. The minimum Gasteiger partial charge on any atom is -0.493 e. The summed E-state index contributed by atoms with van der Waals surface area (Å²) in [6, 6.07) is 11.4. The highest BCUT2D eigenvalue weighted by Gasteiger charge is 2.35. The van der Waals surface area contributed by atoms with Crippen molar-refractivity contribution in [2.75, 3.05) is 76.8 Å². The highest BCUT2D eigenvalue weighted by Crippen LogP contribution is 2.38. The van der Waals surface area contributed by atoms with Crippen molar-refractivity contribution in [3.8, 4) is 28.7 Å². The van der Waals surface area contributed by atoms with Crippen LogP contribution in [0.5, 0.6) is 28.7 Å². The maximum absolute atomic E-state index is 11.3. The Bertz CT molecular complexity index is 2310. The molecule has 2 aliphatic rings. The number of imidazole rings is 1. The van der Waals surface area contributed by atoms with E-state index in [4.69, 9.17) is 29.4 Å². The second-order valence-electron chi connectivity index (χ2n) is 14.4. The average Bonchev–Trinajstić information content (AvgIpc) is 3.64. The molecule has 0 aliphatic carbocycles. The molecule has 2 aromatic carbocycles. The normalized spacial score (nSPS) is 18.2. The molecule has 0 radical (unpaired) electrons. The van der Waals surface area contributed by atoms with E-state index >= 15 is 0 Å². The number of β-amino-alcohol motifs (C(OH)–C–C–N with tert-alkyl or cyclic N) is 1. The molecule has 4 aromatic heterocycles. The van der Waals surface area contributed by atoms with Crippen LogP contribution in [0.25, 0.3) is 21.5 Å². The Kier molecular flexibility index (Phi) is 11.9. The Morgan fingerprint density at radius 3 is 2.00 bits per heavy atom. The molecule has 2 saturated heterocycles. The van der Waals surface area contributed by atoms with E-state index in [-0.39, 0.29) is 0 Å². The van der Waals surface area contributed by atoms with Crippen molar-refractivity contribution in [2.45, 2.75) is 44.8 Å². The molecule has 16 heteroatoms. The number of piperidine rings is 2. The van der Waals surface area contributed by atoms with E-state index in [0.717, 1.165) is 84.3 Å². The molecule has 2 unspecified atom stereocenters. The number of rotatable bonds is 11. The summed E-state index contributed by atoms with van der Waals surface area (Å²) >= 11 is 0. The molecule has 0 amide bonds. The molecule has 6 aromatic rings. The average molecular weight is 779 g/mol. The molecule has 2 aliphatic heterocycles. The van der Waals surface area contributed by atoms with Crippen LogP contribution in [-0.2, 0) is 6.54 Å². The molecule has 8 rings (SSSR count). The summed E-state index contributed by atoms with van der Waals surface area (Å²) in [7, 11) is 6.49. The van der Waals surface area contributed by atoms with Crippen LogP contribution < -0.4 is 39.2 Å². The Morgan fingerprint density at radius 1 is 0.789 bits per heavy atom. The van der Waals surface area contributed by atoms with Crippen LogP contribution in [0.4, 0.5) is 17.5 Å². The number of anilines is 3. The Morgan fingerprint density at radius 2 is 1.40 bits per heavy atom. The lowest BCUT2D eigenvalue weighted by atomic mass is 9.92. The summed E-state index contributed by atoms with van der Waals surface area (Å²) in [4.78, 5) is 12.7. The molecule has 0 spiro atoms. The van der Waals surface area contributed by atoms with Crippen molar-refractivity contribution in [1.29, 1.82) is 0 Å². The lowest BCUT2D eigenvalue weighted by Gasteiger charge is -2.40. The summed E-state index contributed by atoms with van der Waals surface area (Å²) in [5, 5.41) is 32.3. The third-order valence-corrected chi connectivity index (χ3v) is 10.6. The number of nitrogen functional groups attached to an aromatic ring is 1. The molecule has 57 heavy (non-hydrogen) atoms. The largest absolute Gasteiger partial charge is 0.493 e. The van der Waals surface area contributed by atoms with Gasteiger partial charge in [-0.15, -0.1) is 10.2 Å². The molecule has 6 heterocycles. The molecule has 3 N–H and O–H groups in total. The predicted octanol–water partition coefficient (Wildman–Crippen LogP) is 5.10. The zero-order chi connectivity index (χ0) is 39.9.